The fourth-order valence-electron chi connectivity index (χ4n) is 2.87. The molecule has 82 valence electrons. The SMILES string of the molecule is CC1=CCc2cc3c(cc21)[CH-]C(C)(C)C3.[Hf]. The Morgan fingerprint density at radius 3 is 2.69 bits per heavy atom. The molecule has 0 aromatic heterocycles. The minimum Gasteiger partial charge on any atom is -0.188 e. The quantitative estimate of drug-likeness (QED) is 0.478. The van der Waals surface area contributed by atoms with E-state index in [1.165, 1.54) is 28.7 Å². The minimum atomic E-state index is 0. The summed E-state index contributed by atoms with van der Waals surface area (Å²) in [5, 5.41) is 0. The maximum absolute atomic E-state index is 2.42. The molecular formula is C15H17Hf-. The van der Waals surface area contributed by atoms with Crippen molar-refractivity contribution in [2.24, 2.45) is 5.41 Å². The number of hydrogen-bond donors (Lipinski definition) is 0. The maximum atomic E-state index is 2.42. The molecule has 0 fully saturated rings. The standard InChI is InChI=1S/C15H17.Hf/c1-10-4-5-11-6-12-8-15(2,3)9-13(12)7-14(10)11;/h4,6-7,9H,5,8H2,1-3H3;/q-1;. The number of hydrogen-bond acceptors (Lipinski definition) is 0. The molecular weight excluding hydrogens is 359 g/mol. The Kier molecular flexibility index (Phi) is 2.94. The number of benzene rings is 1. The van der Waals surface area contributed by atoms with Crippen LogP contribution in [0.3, 0.4) is 0 Å². The molecule has 1 heteroatoms. The Balaban J connectivity index is 0.000000963. The summed E-state index contributed by atoms with van der Waals surface area (Å²) in [4.78, 5) is 0. The van der Waals surface area contributed by atoms with Crippen molar-refractivity contribution in [3.8, 4) is 0 Å². The Hall–Kier alpha value is -0.300. The van der Waals surface area contributed by atoms with Gasteiger partial charge >= 0.3 is 0 Å². The molecule has 0 heterocycles. The van der Waals surface area contributed by atoms with Crippen LogP contribution in [0.1, 0.15) is 43.0 Å². The zero-order valence-electron chi connectivity index (χ0n) is 10.2. The second kappa shape index (κ2) is 3.87. The van der Waals surface area contributed by atoms with E-state index in [0.717, 1.165) is 6.42 Å². The van der Waals surface area contributed by atoms with Gasteiger partial charge in [-0.2, -0.15) is 18.1 Å². The van der Waals surface area contributed by atoms with Gasteiger partial charge in [-0.05, 0) is 13.3 Å². The predicted octanol–water partition coefficient (Wildman–Crippen LogP) is 3.78. The first-order valence-electron chi connectivity index (χ1n) is 5.74. The van der Waals surface area contributed by atoms with E-state index in [1.54, 1.807) is 5.56 Å². The third-order valence-electron chi connectivity index (χ3n) is 3.61. The Bertz CT molecular complexity index is 467. The normalized spacial score (nSPS) is 19.3. The molecule has 2 aliphatic rings. The average molecular weight is 376 g/mol. The van der Waals surface area contributed by atoms with Crippen molar-refractivity contribution in [2.45, 2.75) is 33.6 Å². The zero-order chi connectivity index (χ0) is 10.6. The first-order chi connectivity index (χ1) is 7.05. The summed E-state index contributed by atoms with van der Waals surface area (Å²) in [5.41, 5.74) is 7.82. The zero-order valence-corrected chi connectivity index (χ0v) is 13.8. The van der Waals surface area contributed by atoms with Crippen LogP contribution >= 0.6 is 0 Å². The third kappa shape index (κ3) is 1.84. The molecule has 0 saturated carbocycles. The molecule has 0 saturated heterocycles. The Labute approximate surface area is 117 Å². The van der Waals surface area contributed by atoms with Crippen LogP contribution < -0.4 is 0 Å². The van der Waals surface area contributed by atoms with Gasteiger partial charge in [0, 0.05) is 25.8 Å². The molecule has 1 aromatic rings. The van der Waals surface area contributed by atoms with Crippen LogP contribution in [0.15, 0.2) is 18.2 Å². The van der Waals surface area contributed by atoms with Crippen molar-refractivity contribution < 1.29 is 25.8 Å². The predicted molar refractivity (Wildman–Crippen MR) is 64.7 cm³/mol. The van der Waals surface area contributed by atoms with Gasteiger partial charge in [0.2, 0.25) is 0 Å². The van der Waals surface area contributed by atoms with Gasteiger partial charge in [0.05, 0.1) is 0 Å². The number of rotatable bonds is 0. The van der Waals surface area contributed by atoms with E-state index >= 15 is 0 Å². The fraction of sp³-hybridized carbons (Fsp3) is 0.400. The molecule has 0 aliphatic heterocycles. The van der Waals surface area contributed by atoms with E-state index in [2.05, 4.69) is 45.4 Å². The van der Waals surface area contributed by atoms with E-state index in [4.69, 9.17) is 0 Å². The van der Waals surface area contributed by atoms with Crippen molar-refractivity contribution >= 4 is 5.57 Å². The van der Waals surface area contributed by atoms with Crippen LogP contribution in [-0.4, -0.2) is 0 Å². The van der Waals surface area contributed by atoms with Gasteiger partial charge in [0.15, 0.2) is 0 Å². The summed E-state index contributed by atoms with van der Waals surface area (Å²) in [6.07, 6.45) is 7.10. The van der Waals surface area contributed by atoms with Gasteiger partial charge < -0.3 is 0 Å². The van der Waals surface area contributed by atoms with Crippen LogP contribution in [0.4, 0.5) is 0 Å². The van der Waals surface area contributed by atoms with Crippen LogP contribution in [0, 0.1) is 11.8 Å². The third-order valence-corrected chi connectivity index (χ3v) is 3.61. The van der Waals surface area contributed by atoms with Gasteiger partial charge in [-0.3, -0.25) is 0 Å². The van der Waals surface area contributed by atoms with Crippen LogP contribution in [0.5, 0.6) is 0 Å². The smallest absolute Gasteiger partial charge is 0 e. The molecule has 1 aromatic carbocycles. The van der Waals surface area contributed by atoms with Crippen molar-refractivity contribution in [3.63, 3.8) is 0 Å². The van der Waals surface area contributed by atoms with Gasteiger partial charge in [0.25, 0.3) is 0 Å². The van der Waals surface area contributed by atoms with E-state index in [0.29, 0.717) is 5.41 Å². The average Bonchev–Trinajstić information content (AvgIpc) is 2.62. The van der Waals surface area contributed by atoms with Crippen LogP contribution in [0.25, 0.3) is 5.57 Å². The number of allylic oxidation sites excluding steroid dienone is 2. The minimum absolute atomic E-state index is 0. The van der Waals surface area contributed by atoms with Crippen molar-refractivity contribution in [1.82, 2.24) is 0 Å². The summed E-state index contributed by atoms with van der Waals surface area (Å²) in [6, 6.07) is 4.81. The number of fused-ring (bicyclic) bond motifs is 2. The first-order valence-corrected chi connectivity index (χ1v) is 5.74. The van der Waals surface area contributed by atoms with E-state index in [1.807, 2.05) is 0 Å². The van der Waals surface area contributed by atoms with Crippen molar-refractivity contribution in [3.05, 3.63) is 46.9 Å². The van der Waals surface area contributed by atoms with Gasteiger partial charge in [-0.15, -0.1) is 11.6 Å². The Morgan fingerprint density at radius 2 is 1.94 bits per heavy atom. The van der Waals surface area contributed by atoms with Gasteiger partial charge in [-0.1, -0.05) is 48.5 Å². The molecule has 0 bridgehead atoms. The Morgan fingerprint density at radius 1 is 1.19 bits per heavy atom. The first kappa shape index (κ1) is 12.2. The largest absolute Gasteiger partial charge is 0.188 e. The summed E-state index contributed by atoms with van der Waals surface area (Å²) in [6.45, 7) is 6.86. The molecule has 16 heavy (non-hydrogen) atoms. The summed E-state index contributed by atoms with van der Waals surface area (Å²) >= 11 is 0. The summed E-state index contributed by atoms with van der Waals surface area (Å²) < 4.78 is 0. The van der Waals surface area contributed by atoms with Gasteiger partial charge in [0.1, 0.15) is 0 Å². The molecule has 0 unspecified atom stereocenters. The topological polar surface area (TPSA) is 0 Å². The van der Waals surface area contributed by atoms with Crippen molar-refractivity contribution in [2.75, 3.05) is 0 Å². The summed E-state index contributed by atoms with van der Waals surface area (Å²) in [7, 11) is 0. The molecule has 0 nitrogen and oxygen atoms in total. The van der Waals surface area contributed by atoms with Gasteiger partial charge in [-0.25, -0.2) is 0 Å². The molecule has 0 spiro atoms. The fourth-order valence-corrected chi connectivity index (χ4v) is 2.87. The van der Waals surface area contributed by atoms with Crippen LogP contribution in [0.2, 0.25) is 0 Å². The molecule has 2 aliphatic carbocycles. The van der Waals surface area contributed by atoms with Crippen molar-refractivity contribution in [1.29, 1.82) is 0 Å². The van der Waals surface area contributed by atoms with E-state index < -0.39 is 0 Å². The maximum Gasteiger partial charge on any atom is 0 e. The molecule has 3 rings (SSSR count). The van der Waals surface area contributed by atoms with E-state index in [-0.39, 0.29) is 25.8 Å². The monoisotopic (exact) mass is 377 g/mol. The molecule has 0 N–H and O–H groups in total. The molecule has 0 radical (unpaired) electrons. The second-order valence-electron chi connectivity index (χ2n) is 5.61. The van der Waals surface area contributed by atoms with Crippen LogP contribution in [-0.2, 0) is 38.7 Å². The second-order valence-corrected chi connectivity index (χ2v) is 5.61. The summed E-state index contributed by atoms with van der Waals surface area (Å²) in [5.74, 6) is 0. The molecule has 0 atom stereocenters. The molecule has 0 amide bonds. The van der Waals surface area contributed by atoms with E-state index in [9.17, 15) is 0 Å².